The molecule has 35 heavy (non-hydrogen) atoms. The quantitative estimate of drug-likeness (QED) is 0.203. The third kappa shape index (κ3) is 5.94. The molecular weight excluding hydrogens is 519 g/mol. The van der Waals surface area contributed by atoms with Gasteiger partial charge in [0.05, 0.1) is 21.5 Å². The summed E-state index contributed by atoms with van der Waals surface area (Å²) in [5, 5.41) is 19.0. The van der Waals surface area contributed by atoms with E-state index in [9.17, 15) is 14.9 Å². The summed E-state index contributed by atoms with van der Waals surface area (Å²) in [5.74, 6) is 0.507. The zero-order valence-electron chi connectivity index (χ0n) is 18.1. The molecule has 1 amide bonds. The van der Waals surface area contributed by atoms with Crippen LogP contribution in [0.25, 0.3) is 0 Å². The third-order valence-corrected chi connectivity index (χ3v) is 5.92. The standard InChI is InChI=1S/C23H17Cl3N4O5/c1-13-8-15(3-6-20(13)30(32)33)34-12-16-4-7-21(35-16)23(31)27-22-19(26)11-29(28-22)10-14-2-5-17(24)18(25)9-14/h2-9,11H,10,12H2,1H3,(H,27,28,31). The maximum atomic E-state index is 12.6. The molecule has 9 nitrogen and oxygen atoms in total. The Labute approximate surface area is 214 Å². The number of aryl methyl sites for hydroxylation is 1. The Kier molecular flexibility index (Phi) is 7.30. The van der Waals surface area contributed by atoms with Gasteiger partial charge < -0.3 is 14.5 Å². The van der Waals surface area contributed by atoms with Crippen LogP contribution in [0.3, 0.4) is 0 Å². The number of anilines is 1. The second-order valence-corrected chi connectivity index (χ2v) is 8.71. The molecule has 0 saturated heterocycles. The molecule has 0 fully saturated rings. The van der Waals surface area contributed by atoms with Gasteiger partial charge in [0.1, 0.15) is 23.1 Å². The molecule has 1 N–H and O–H groups in total. The van der Waals surface area contributed by atoms with Crippen LogP contribution in [0.5, 0.6) is 5.75 Å². The first-order valence-corrected chi connectivity index (χ1v) is 11.3. The molecule has 180 valence electrons. The van der Waals surface area contributed by atoms with Crippen molar-refractivity contribution in [1.82, 2.24) is 9.78 Å². The number of amides is 1. The van der Waals surface area contributed by atoms with Gasteiger partial charge in [-0.1, -0.05) is 40.9 Å². The number of aromatic nitrogens is 2. The fourth-order valence-electron chi connectivity index (χ4n) is 3.21. The molecule has 0 bridgehead atoms. The lowest BCUT2D eigenvalue weighted by molar-refractivity contribution is -0.385. The van der Waals surface area contributed by atoms with Crippen molar-refractivity contribution in [3.05, 3.63) is 103 Å². The van der Waals surface area contributed by atoms with E-state index in [0.29, 0.717) is 33.7 Å². The first kappa shape index (κ1) is 24.6. The first-order valence-electron chi connectivity index (χ1n) is 10.1. The van der Waals surface area contributed by atoms with Crippen LogP contribution in [-0.4, -0.2) is 20.6 Å². The number of hydrogen-bond acceptors (Lipinski definition) is 6. The van der Waals surface area contributed by atoms with Crippen molar-refractivity contribution in [2.24, 2.45) is 0 Å². The fraction of sp³-hybridized carbons (Fsp3) is 0.130. The van der Waals surface area contributed by atoms with Gasteiger partial charge in [-0.05, 0) is 48.9 Å². The van der Waals surface area contributed by atoms with Crippen molar-refractivity contribution in [2.75, 3.05) is 5.32 Å². The van der Waals surface area contributed by atoms with Gasteiger partial charge in [0.2, 0.25) is 0 Å². The van der Waals surface area contributed by atoms with Crippen LogP contribution in [0.4, 0.5) is 11.5 Å². The van der Waals surface area contributed by atoms with Crippen molar-refractivity contribution in [2.45, 2.75) is 20.1 Å². The normalized spacial score (nSPS) is 10.9. The number of nitrogens with zero attached hydrogens (tertiary/aromatic N) is 3. The van der Waals surface area contributed by atoms with E-state index in [0.717, 1.165) is 5.56 Å². The van der Waals surface area contributed by atoms with Gasteiger partial charge >= 0.3 is 0 Å². The molecule has 0 unspecified atom stereocenters. The van der Waals surface area contributed by atoms with Crippen molar-refractivity contribution in [1.29, 1.82) is 0 Å². The summed E-state index contributed by atoms with van der Waals surface area (Å²) in [5.41, 5.74) is 1.34. The van der Waals surface area contributed by atoms with Gasteiger partial charge in [0.15, 0.2) is 11.6 Å². The Morgan fingerprint density at radius 1 is 1.11 bits per heavy atom. The number of hydrogen-bond donors (Lipinski definition) is 1. The van der Waals surface area contributed by atoms with E-state index in [1.165, 1.54) is 18.2 Å². The molecule has 2 heterocycles. The minimum Gasteiger partial charge on any atom is -0.486 e. The van der Waals surface area contributed by atoms with Crippen LogP contribution in [0, 0.1) is 17.0 Å². The van der Waals surface area contributed by atoms with Crippen LogP contribution in [0.1, 0.15) is 27.4 Å². The van der Waals surface area contributed by atoms with Crippen molar-refractivity contribution >= 4 is 52.2 Å². The SMILES string of the molecule is Cc1cc(OCc2ccc(C(=O)Nc3nn(Cc4ccc(Cl)c(Cl)c4)cc3Cl)o2)ccc1[N+](=O)[O-]. The predicted molar refractivity (Wildman–Crippen MR) is 132 cm³/mol. The van der Waals surface area contributed by atoms with E-state index in [2.05, 4.69) is 10.4 Å². The van der Waals surface area contributed by atoms with Crippen molar-refractivity contribution < 1.29 is 18.9 Å². The second-order valence-electron chi connectivity index (χ2n) is 7.49. The maximum Gasteiger partial charge on any atom is 0.292 e. The summed E-state index contributed by atoms with van der Waals surface area (Å²) < 4.78 is 12.7. The third-order valence-electron chi connectivity index (χ3n) is 4.91. The smallest absolute Gasteiger partial charge is 0.292 e. The highest BCUT2D eigenvalue weighted by Gasteiger charge is 2.17. The maximum absolute atomic E-state index is 12.6. The van der Waals surface area contributed by atoms with Gasteiger partial charge in [-0.2, -0.15) is 5.10 Å². The first-order chi connectivity index (χ1) is 16.7. The monoisotopic (exact) mass is 534 g/mol. The predicted octanol–water partition coefficient (Wildman–Crippen LogP) is 6.53. The number of halogens is 3. The number of benzene rings is 2. The summed E-state index contributed by atoms with van der Waals surface area (Å²) in [7, 11) is 0. The molecule has 0 saturated carbocycles. The Balaban J connectivity index is 1.37. The minimum atomic E-state index is -0.538. The highest BCUT2D eigenvalue weighted by molar-refractivity contribution is 6.42. The van der Waals surface area contributed by atoms with Crippen LogP contribution in [0.2, 0.25) is 15.1 Å². The number of nitrogens with one attached hydrogen (secondary N) is 1. The lowest BCUT2D eigenvalue weighted by Gasteiger charge is -2.05. The van der Waals surface area contributed by atoms with E-state index in [1.54, 1.807) is 42.1 Å². The molecule has 0 aliphatic carbocycles. The average molecular weight is 536 g/mol. The second kappa shape index (κ2) is 10.4. The molecule has 2 aromatic heterocycles. The molecule has 2 aromatic carbocycles. The van der Waals surface area contributed by atoms with E-state index in [4.69, 9.17) is 44.0 Å². The topological polar surface area (TPSA) is 112 Å². The largest absolute Gasteiger partial charge is 0.486 e. The number of nitro groups is 1. The molecule has 12 heteroatoms. The summed E-state index contributed by atoms with van der Waals surface area (Å²) in [4.78, 5) is 23.1. The molecular formula is C23H17Cl3N4O5. The van der Waals surface area contributed by atoms with Crippen LogP contribution >= 0.6 is 34.8 Å². The number of ether oxygens (including phenoxy) is 1. The molecule has 0 spiro atoms. The number of carbonyl (C=O) groups excluding carboxylic acids is 1. The minimum absolute atomic E-state index is 0.00683. The Hall–Kier alpha value is -3.53. The Morgan fingerprint density at radius 2 is 1.91 bits per heavy atom. The fourth-order valence-corrected chi connectivity index (χ4v) is 3.73. The van der Waals surface area contributed by atoms with Crippen LogP contribution in [0.15, 0.2) is 59.1 Å². The molecule has 0 atom stereocenters. The summed E-state index contributed by atoms with van der Waals surface area (Å²) in [6.07, 6.45) is 1.58. The van der Waals surface area contributed by atoms with Crippen LogP contribution in [-0.2, 0) is 13.2 Å². The summed E-state index contributed by atoms with van der Waals surface area (Å²) in [6.45, 7) is 2.03. The number of carbonyl (C=O) groups is 1. The Bertz CT molecular complexity index is 1420. The molecule has 0 aliphatic rings. The number of nitro benzene ring substituents is 1. The summed E-state index contributed by atoms with van der Waals surface area (Å²) >= 11 is 18.2. The van der Waals surface area contributed by atoms with Gasteiger partial charge in [-0.3, -0.25) is 19.6 Å². The van der Waals surface area contributed by atoms with E-state index < -0.39 is 10.8 Å². The van der Waals surface area contributed by atoms with Crippen LogP contribution < -0.4 is 10.1 Å². The Morgan fingerprint density at radius 3 is 2.63 bits per heavy atom. The van der Waals surface area contributed by atoms with Gasteiger partial charge in [-0.25, -0.2) is 0 Å². The number of furan rings is 1. The lowest BCUT2D eigenvalue weighted by atomic mass is 10.2. The van der Waals surface area contributed by atoms with E-state index in [-0.39, 0.29) is 28.9 Å². The molecule has 0 aliphatic heterocycles. The highest BCUT2D eigenvalue weighted by Crippen LogP contribution is 2.26. The molecule has 4 aromatic rings. The number of rotatable bonds is 8. The van der Waals surface area contributed by atoms with E-state index in [1.807, 2.05) is 6.07 Å². The van der Waals surface area contributed by atoms with Gasteiger partial charge in [0.25, 0.3) is 11.6 Å². The van der Waals surface area contributed by atoms with Gasteiger partial charge in [-0.15, -0.1) is 0 Å². The molecule has 4 rings (SSSR count). The van der Waals surface area contributed by atoms with E-state index >= 15 is 0 Å². The summed E-state index contributed by atoms with van der Waals surface area (Å²) in [6, 6.07) is 12.7. The molecule has 0 radical (unpaired) electrons. The van der Waals surface area contributed by atoms with Crippen molar-refractivity contribution in [3.8, 4) is 5.75 Å². The zero-order valence-corrected chi connectivity index (χ0v) is 20.4. The van der Waals surface area contributed by atoms with Crippen molar-refractivity contribution in [3.63, 3.8) is 0 Å². The highest BCUT2D eigenvalue weighted by atomic mass is 35.5. The lowest BCUT2D eigenvalue weighted by Crippen LogP contribution is -2.12. The average Bonchev–Trinajstić information content (AvgIpc) is 3.41. The van der Waals surface area contributed by atoms with Gasteiger partial charge in [0, 0.05) is 17.8 Å². The zero-order chi connectivity index (χ0) is 25.1.